The highest BCUT2D eigenvalue weighted by atomic mass is 32.2. The van der Waals surface area contributed by atoms with Gasteiger partial charge in [-0.3, -0.25) is 4.68 Å². The van der Waals surface area contributed by atoms with Gasteiger partial charge in [0.1, 0.15) is 12.4 Å². The molecular formula is C21H19N5O6S. The van der Waals surface area contributed by atoms with Crippen molar-refractivity contribution in [3.8, 4) is 28.6 Å². The van der Waals surface area contributed by atoms with Crippen molar-refractivity contribution in [1.29, 1.82) is 0 Å². The Balaban J connectivity index is 1.55. The van der Waals surface area contributed by atoms with Gasteiger partial charge < -0.3 is 14.0 Å². The lowest BCUT2D eigenvalue weighted by molar-refractivity contribution is 0.0600. The summed E-state index contributed by atoms with van der Waals surface area (Å²) in [6.45, 7) is 0.141. The van der Waals surface area contributed by atoms with Crippen LogP contribution in [0.15, 0.2) is 64.1 Å². The Bertz CT molecular complexity index is 1410. The van der Waals surface area contributed by atoms with Crippen LogP contribution in [0.3, 0.4) is 0 Å². The molecule has 11 nitrogen and oxygen atoms in total. The fourth-order valence-electron chi connectivity index (χ4n) is 3.03. The number of benzene rings is 2. The minimum atomic E-state index is -3.87. The number of sulfonamides is 1. The smallest absolute Gasteiger partial charge is 0.337 e. The molecule has 0 aliphatic rings. The number of nitrogens with two attached hydrogens (primary N) is 1. The number of aromatic nitrogens is 4. The number of ether oxygens (including phenoxy) is 2. The summed E-state index contributed by atoms with van der Waals surface area (Å²) in [5.41, 5.74) is 2.07. The van der Waals surface area contributed by atoms with Gasteiger partial charge in [0.2, 0.25) is 15.8 Å². The van der Waals surface area contributed by atoms with E-state index in [1.165, 1.54) is 19.2 Å². The lowest BCUT2D eigenvalue weighted by Crippen LogP contribution is -2.11. The Morgan fingerprint density at radius 3 is 2.64 bits per heavy atom. The first kappa shape index (κ1) is 22.2. The van der Waals surface area contributed by atoms with Crippen LogP contribution in [0.1, 0.15) is 16.1 Å². The van der Waals surface area contributed by atoms with E-state index in [0.29, 0.717) is 28.1 Å². The number of rotatable bonds is 7. The van der Waals surface area contributed by atoms with Crippen LogP contribution >= 0.6 is 0 Å². The van der Waals surface area contributed by atoms with Crippen LogP contribution in [-0.2, 0) is 28.4 Å². The molecule has 0 fully saturated rings. The summed E-state index contributed by atoms with van der Waals surface area (Å²) in [5, 5.41) is 13.4. The molecule has 0 atom stereocenters. The number of carbonyl (C=O) groups excluding carboxylic acids is 1. The highest BCUT2D eigenvalue weighted by Gasteiger charge is 2.19. The van der Waals surface area contributed by atoms with Crippen molar-refractivity contribution >= 4 is 16.0 Å². The van der Waals surface area contributed by atoms with Crippen LogP contribution in [0.4, 0.5) is 0 Å². The van der Waals surface area contributed by atoms with Gasteiger partial charge in [-0.25, -0.2) is 18.4 Å². The minimum absolute atomic E-state index is 0.0555. The molecule has 4 rings (SSSR count). The molecule has 0 aliphatic carbocycles. The van der Waals surface area contributed by atoms with Crippen LogP contribution in [0.5, 0.6) is 5.75 Å². The summed E-state index contributed by atoms with van der Waals surface area (Å²) in [6.07, 6.45) is 1.57. The summed E-state index contributed by atoms with van der Waals surface area (Å²) >= 11 is 0. The molecule has 4 aromatic rings. The summed E-state index contributed by atoms with van der Waals surface area (Å²) in [5.74, 6) is 0.501. The highest BCUT2D eigenvalue weighted by Crippen LogP contribution is 2.27. The van der Waals surface area contributed by atoms with Crippen molar-refractivity contribution < 1.29 is 27.2 Å². The minimum Gasteiger partial charge on any atom is -0.487 e. The Kier molecular flexibility index (Phi) is 5.94. The largest absolute Gasteiger partial charge is 0.487 e. The number of hydrogen-bond acceptors (Lipinski definition) is 9. The van der Waals surface area contributed by atoms with Crippen LogP contribution < -0.4 is 9.88 Å². The van der Waals surface area contributed by atoms with Gasteiger partial charge in [-0.05, 0) is 36.4 Å². The fourth-order valence-corrected chi connectivity index (χ4v) is 3.59. The summed E-state index contributed by atoms with van der Waals surface area (Å²) in [7, 11) is -0.805. The monoisotopic (exact) mass is 469 g/mol. The zero-order valence-corrected chi connectivity index (χ0v) is 18.4. The topological polar surface area (TPSA) is 152 Å². The van der Waals surface area contributed by atoms with Gasteiger partial charge in [0, 0.05) is 12.6 Å². The number of nitrogens with zero attached hydrogens (tertiary/aromatic N) is 4. The van der Waals surface area contributed by atoms with E-state index in [-0.39, 0.29) is 23.2 Å². The Hall–Kier alpha value is -4.03. The van der Waals surface area contributed by atoms with E-state index in [4.69, 9.17) is 14.4 Å². The number of esters is 1. The second kappa shape index (κ2) is 8.84. The number of methoxy groups -OCH3 is 1. The van der Waals surface area contributed by atoms with Crippen LogP contribution in [0, 0.1) is 0 Å². The summed E-state index contributed by atoms with van der Waals surface area (Å²) in [6, 6.07) is 12.5. The maximum Gasteiger partial charge on any atom is 0.337 e. The number of hydrogen-bond donors (Lipinski definition) is 1. The predicted octanol–water partition coefficient (Wildman–Crippen LogP) is 2.15. The van der Waals surface area contributed by atoms with Gasteiger partial charge in [0.05, 0.1) is 35.0 Å². The van der Waals surface area contributed by atoms with Crippen molar-refractivity contribution in [3.05, 3.63) is 66.0 Å². The van der Waals surface area contributed by atoms with Crippen molar-refractivity contribution in [2.75, 3.05) is 7.11 Å². The van der Waals surface area contributed by atoms with Gasteiger partial charge in [-0.15, -0.1) is 0 Å². The van der Waals surface area contributed by atoms with Crippen molar-refractivity contribution in [1.82, 2.24) is 19.9 Å². The third-order valence-corrected chi connectivity index (χ3v) is 5.70. The quantitative estimate of drug-likeness (QED) is 0.401. The number of carbonyl (C=O) groups is 1. The first-order valence-electron chi connectivity index (χ1n) is 9.55. The molecule has 0 bridgehead atoms. The molecule has 2 aromatic heterocycles. The molecule has 2 aromatic carbocycles. The molecule has 0 amide bonds. The van der Waals surface area contributed by atoms with Crippen molar-refractivity contribution in [2.24, 2.45) is 12.2 Å². The predicted molar refractivity (Wildman–Crippen MR) is 115 cm³/mol. The molecule has 0 saturated heterocycles. The van der Waals surface area contributed by atoms with E-state index in [9.17, 15) is 13.2 Å². The maximum atomic E-state index is 11.6. The molecule has 0 saturated carbocycles. The normalized spacial score (nSPS) is 11.4. The van der Waals surface area contributed by atoms with Gasteiger partial charge in [-0.2, -0.15) is 10.1 Å². The zero-order valence-electron chi connectivity index (χ0n) is 17.6. The zero-order chi connectivity index (χ0) is 23.6. The molecule has 0 spiro atoms. The van der Waals surface area contributed by atoms with Crippen LogP contribution in [0.2, 0.25) is 0 Å². The first-order chi connectivity index (χ1) is 15.8. The molecule has 0 radical (unpaired) electrons. The molecule has 2 heterocycles. The molecule has 33 heavy (non-hydrogen) atoms. The summed E-state index contributed by atoms with van der Waals surface area (Å²) < 4.78 is 40.7. The van der Waals surface area contributed by atoms with Crippen molar-refractivity contribution in [2.45, 2.75) is 11.5 Å². The SMILES string of the molecule is COC(=O)c1ccc(OCc2c(-c3nc(-c4cccc(S(N)(=O)=O)c4)no3)cnn2C)cc1. The maximum absolute atomic E-state index is 11.6. The molecular weight excluding hydrogens is 450 g/mol. The van der Waals surface area contributed by atoms with E-state index in [1.807, 2.05) is 0 Å². The average Bonchev–Trinajstić information content (AvgIpc) is 3.44. The Morgan fingerprint density at radius 2 is 1.94 bits per heavy atom. The van der Waals surface area contributed by atoms with Gasteiger partial charge >= 0.3 is 5.97 Å². The lowest BCUT2D eigenvalue weighted by atomic mass is 10.2. The first-order valence-corrected chi connectivity index (χ1v) is 11.1. The van der Waals surface area contributed by atoms with Gasteiger partial charge in [-0.1, -0.05) is 17.3 Å². The van der Waals surface area contributed by atoms with Crippen LogP contribution in [-0.4, -0.2) is 41.4 Å². The Labute approximate surface area is 188 Å². The highest BCUT2D eigenvalue weighted by molar-refractivity contribution is 7.89. The third-order valence-electron chi connectivity index (χ3n) is 4.79. The average molecular weight is 469 g/mol. The van der Waals surface area contributed by atoms with E-state index < -0.39 is 16.0 Å². The molecule has 0 aliphatic heterocycles. The number of primary sulfonamides is 1. The van der Waals surface area contributed by atoms with Gasteiger partial charge in [0.25, 0.3) is 5.89 Å². The number of aryl methyl sites for hydroxylation is 1. The lowest BCUT2D eigenvalue weighted by Gasteiger charge is -2.08. The molecule has 170 valence electrons. The van der Waals surface area contributed by atoms with E-state index in [2.05, 4.69) is 20.0 Å². The molecule has 2 N–H and O–H groups in total. The second-order valence-electron chi connectivity index (χ2n) is 6.93. The van der Waals surface area contributed by atoms with E-state index in [1.54, 1.807) is 54.3 Å². The second-order valence-corrected chi connectivity index (χ2v) is 8.49. The van der Waals surface area contributed by atoms with Gasteiger partial charge in [0.15, 0.2) is 0 Å². The van der Waals surface area contributed by atoms with Crippen LogP contribution in [0.25, 0.3) is 22.8 Å². The van der Waals surface area contributed by atoms with Crippen molar-refractivity contribution in [3.63, 3.8) is 0 Å². The fraction of sp³-hybridized carbons (Fsp3) is 0.143. The van der Waals surface area contributed by atoms with E-state index >= 15 is 0 Å². The standard InChI is InChI=1S/C21H19N5O6S/c1-26-18(12-31-15-8-6-13(7-9-15)21(27)30-2)17(11-23-26)20-24-19(25-32-20)14-4-3-5-16(10-14)33(22,28)29/h3-11H,12H2,1-2H3,(H2,22,28,29). The molecule has 12 heteroatoms. The Morgan fingerprint density at radius 1 is 1.18 bits per heavy atom. The summed E-state index contributed by atoms with van der Waals surface area (Å²) in [4.78, 5) is 15.9. The third kappa shape index (κ3) is 4.76. The van der Waals surface area contributed by atoms with E-state index in [0.717, 1.165) is 0 Å². The molecule has 0 unspecified atom stereocenters.